The number of aliphatic hydroxyl groups excluding tert-OH is 4. The van der Waals surface area contributed by atoms with Gasteiger partial charge < -0.3 is 29.9 Å². The average molecular weight is 443 g/mol. The van der Waals surface area contributed by atoms with Gasteiger partial charge in [0.25, 0.3) is 0 Å². The second-order valence-electron chi connectivity index (χ2n) is 8.16. The molecule has 0 spiro atoms. The Labute approximate surface area is 186 Å². The van der Waals surface area contributed by atoms with E-state index in [1.54, 1.807) is 0 Å². The summed E-state index contributed by atoms with van der Waals surface area (Å²) < 4.78 is 10.0. The molecule has 1 saturated heterocycles. The van der Waals surface area contributed by atoms with Crippen molar-refractivity contribution in [3.63, 3.8) is 0 Å². The number of allylic oxidation sites excluding steroid dienone is 4. The lowest BCUT2D eigenvalue weighted by molar-refractivity contribution is -0.290. The van der Waals surface area contributed by atoms with Gasteiger partial charge in [-0.05, 0) is 38.5 Å². The van der Waals surface area contributed by atoms with E-state index >= 15 is 0 Å². The van der Waals surface area contributed by atoms with Gasteiger partial charge in [0, 0.05) is 6.42 Å². The van der Waals surface area contributed by atoms with Crippen LogP contribution in [0.5, 0.6) is 0 Å². The molecule has 0 bridgehead atoms. The van der Waals surface area contributed by atoms with E-state index in [0.717, 1.165) is 38.5 Å². The van der Waals surface area contributed by atoms with Crippen molar-refractivity contribution in [2.75, 3.05) is 6.61 Å². The summed E-state index contributed by atoms with van der Waals surface area (Å²) in [7, 11) is 0. The third-order valence-electron chi connectivity index (χ3n) is 5.44. The molecular formula is C24H42O7. The predicted octanol–water partition coefficient (Wildman–Crippen LogP) is 3.14. The standard InChI is InChI=1S/C24H42O7/c1-2-3-4-5-6-7-8-9-10-11-12-13-14-15-16-17-20(26)31-23-22(28)21(27)19(18-25)30-24(23)29/h6-7,9-10,19,21-25,27-29H,2-5,8,11-18H2,1H3/t19-,21-,22+,23-,24?/m1/s1. The van der Waals surface area contributed by atoms with Gasteiger partial charge in [-0.2, -0.15) is 0 Å². The number of hydrogen-bond acceptors (Lipinski definition) is 7. The van der Waals surface area contributed by atoms with Gasteiger partial charge in [0.15, 0.2) is 12.4 Å². The number of esters is 1. The van der Waals surface area contributed by atoms with Crippen molar-refractivity contribution < 1.29 is 34.7 Å². The molecule has 1 aliphatic heterocycles. The molecule has 1 heterocycles. The van der Waals surface area contributed by atoms with Gasteiger partial charge >= 0.3 is 5.97 Å². The van der Waals surface area contributed by atoms with Crippen LogP contribution in [0.25, 0.3) is 0 Å². The Balaban J connectivity index is 2.03. The molecule has 1 unspecified atom stereocenters. The Morgan fingerprint density at radius 1 is 0.871 bits per heavy atom. The number of carbonyl (C=O) groups excluding carboxylic acids is 1. The Morgan fingerprint density at radius 3 is 2.13 bits per heavy atom. The van der Waals surface area contributed by atoms with Gasteiger partial charge in [0.05, 0.1) is 6.61 Å². The normalized spacial score (nSPS) is 26.7. The molecule has 0 aromatic heterocycles. The van der Waals surface area contributed by atoms with Gasteiger partial charge in [0.2, 0.25) is 0 Å². The van der Waals surface area contributed by atoms with Crippen molar-refractivity contribution in [2.24, 2.45) is 0 Å². The third kappa shape index (κ3) is 11.8. The lowest BCUT2D eigenvalue weighted by Crippen LogP contribution is -2.59. The van der Waals surface area contributed by atoms with Crippen LogP contribution >= 0.6 is 0 Å². The van der Waals surface area contributed by atoms with Gasteiger partial charge in [-0.15, -0.1) is 0 Å². The van der Waals surface area contributed by atoms with Crippen LogP contribution in [-0.2, 0) is 14.3 Å². The molecule has 0 radical (unpaired) electrons. The summed E-state index contributed by atoms with van der Waals surface area (Å²) in [5, 5.41) is 38.7. The van der Waals surface area contributed by atoms with E-state index in [0.29, 0.717) is 6.42 Å². The average Bonchev–Trinajstić information content (AvgIpc) is 2.76. The number of carbonyl (C=O) groups is 1. The molecule has 5 atom stereocenters. The van der Waals surface area contributed by atoms with Crippen molar-refractivity contribution in [1.82, 2.24) is 0 Å². The highest BCUT2D eigenvalue weighted by Gasteiger charge is 2.45. The fraction of sp³-hybridized carbons (Fsp3) is 0.792. The highest BCUT2D eigenvalue weighted by atomic mass is 16.7. The summed E-state index contributed by atoms with van der Waals surface area (Å²) >= 11 is 0. The van der Waals surface area contributed by atoms with Crippen LogP contribution in [0, 0.1) is 0 Å². The first-order chi connectivity index (χ1) is 15.0. The fourth-order valence-corrected chi connectivity index (χ4v) is 3.49. The molecule has 31 heavy (non-hydrogen) atoms. The van der Waals surface area contributed by atoms with E-state index in [2.05, 4.69) is 31.2 Å². The molecule has 0 aromatic rings. The number of unbranched alkanes of at least 4 members (excludes halogenated alkanes) is 8. The number of aliphatic hydroxyl groups is 4. The first-order valence-electron chi connectivity index (χ1n) is 11.8. The van der Waals surface area contributed by atoms with Crippen LogP contribution in [0.3, 0.4) is 0 Å². The summed E-state index contributed by atoms with van der Waals surface area (Å²) in [6, 6.07) is 0. The van der Waals surface area contributed by atoms with Crippen LogP contribution in [0.1, 0.15) is 84.0 Å². The highest BCUT2D eigenvalue weighted by molar-refractivity contribution is 5.69. The minimum atomic E-state index is -1.58. The minimum absolute atomic E-state index is 0.181. The molecule has 1 rings (SSSR count). The molecule has 180 valence electrons. The maximum atomic E-state index is 11.9. The van der Waals surface area contributed by atoms with E-state index in [4.69, 9.17) is 14.6 Å². The molecule has 0 aliphatic carbocycles. The lowest BCUT2D eigenvalue weighted by Gasteiger charge is -2.39. The predicted molar refractivity (Wildman–Crippen MR) is 119 cm³/mol. The summed E-state index contributed by atoms with van der Waals surface area (Å²) in [5.74, 6) is -0.549. The summed E-state index contributed by atoms with van der Waals surface area (Å²) in [4.78, 5) is 11.9. The van der Waals surface area contributed by atoms with Crippen molar-refractivity contribution >= 4 is 5.97 Å². The number of rotatable bonds is 16. The molecular weight excluding hydrogens is 400 g/mol. The van der Waals surface area contributed by atoms with E-state index < -0.39 is 43.3 Å². The molecule has 7 nitrogen and oxygen atoms in total. The van der Waals surface area contributed by atoms with E-state index in [9.17, 15) is 20.1 Å². The van der Waals surface area contributed by atoms with Crippen LogP contribution in [0.4, 0.5) is 0 Å². The number of ether oxygens (including phenoxy) is 2. The lowest BCUT2D eigenvalue weighted by atomic mass is 9.99. The van der Waals surface area contributed by atoms with Crippen molar-refractivity contribution in [1.29, 1.82) is 0 Å². The van der Waals surface area contributed by atoms with E-state index in [-0.39, 0.29) is 6.42 Å². The van der Waals surface area contributed by atoms with Crippen LogP contribution in [-0.4, -0.2) is 63.7 Å². The zero-order chi connectivity index (χ0) is 22.9. The monoisotopic (exact) mass is 442 g/mol. The van der Waals surface area contributed by atoms with Gasteiger partial charge in [-0.25, -0.2) is 0 Å². The second-order valence-corrected chi connectivity index (χ2v) is 8.16. The summed E-state index contributed by atoms with van der Waals surface area (Å²) in [5.41, 5.74) is 0. The van der Waals surface area contributed by atoms with Gasteiger partial charge in [-0.1, -0.05) is 63.3 Å². The topological polar surface area (TPSA) is 116 Å². The van der Waals surface area contributed by atoms with Gasteiger partial charge in [0.1, 0.15) is 18.3 Å². The molecule has 1 aliphatic rings. The third-order valence-corrected chi connectivity index (χ3v) is 5.44. The Bertz CT molecular complexity index is 520. The number of hydrogen-bond donors (Lipinski definition) is 4. The Hall–Kier alpha value is -1.25. The van der Waals surface area contributed by atoms with Crippen molar-refractivity contribution in [2.45, 2.75) is 115 Å². The molecule has 0 amide bonds. The Morgan fingerprint density at radius 2 is 1.48 bits per heavy atom. The highest BCUT2D eigenvalue weighted by Crippen LogP contribution is 2.23. The van der Waals surface area contributed by atoms with Crippen LogP contribution in [0.2, 0.25) is 0 Å². The zero-order valence-electron chi connectivity index (χ0n) is 18.9. The van der Waals surface area contributed by atoms with Crippen molar-refractivity contribution in [3.8, 4) is 0 Å². The summed E-state index contributed by atoms with van der Waals surface area (Å²) in [6.45, 7) is 1.66. The molecule has 0 saturated carbocycles. The maximum Gasteiger partial charge on any atom is 0.306 e. The minimum Gasteiger partial charge on any atom is -0.454 e. The molecule has 7 heteroatoms. The summed E-state index contributed by atoms with van der Waals surface area (Å²) in [6.07, 6.45) is 14.1. The SMILES string of the molecule is CCCCCC=CCC=CCCCCCCCC(=O)O[C@H]1C(O)O[C@H](CO)[C@@H](O)[C@@H]1O. The smallest absolute Gasteiger partial charge is 0.306 e. The van der Waals surface area contributed by atoms with Gasteiger partial charge in [-0.3, -0.25) is 4.79 Å². The fourth-order valence-electron chi connectivity index (χ4n) is 3.49. The molecule has 0 aromatic carbocycles. The van der Waals surface area contributed by atoms with E-state index in [1.807, 2.05) is 0 Å². The quantitative estimate of drug-likeness (QED) is 0.165. The zero-order valence-corrected chi connectivity index (χ0v) is 18.9. The first-order valence-corrected chi connectivity index (χ1v) is 11.8. The molecule has 1 fully saturated rings. The van der Waals surface area contributed by atoms with Crippen LogP contribution in [0.15, 0.2) is 24.3 Å². The van der Waals surface area contributed by atoms with E-state index in [1.165, 1.54) is 25.7 Å². The first kappa shape index (κ1) is 27.8. The van der Waals surface area contributed by atoms with Crippen molar-refractivity contribution in [3.05, 3.63) is 24.3 Å². The van der Waals surface area contributed by atoms with Crippen LogP contribution < -0.4 is 0 Å². The molecule has 4 N–H and O–H groups in total. The Kier molecular flexibility index (Phi) is 15.5. The largest absolute Gasteiger partial charge is 0.454 e. The maximum absolute atomic E-state index is 11.9. The second kappa shape index (κ2) is 17.3.